The summed E-state index contributed by atoms with van der Waals surface area (Å²) in [6.07, 6.45) is 11.2. The van der Waals surface area contributed by atoms with Crippen LogP contribution in [0.15, 0.2) is 42.0 Å². The van der Waals surface area contributed by atoms with Gasteiger partial charge in [0.05, 0.1) is 5.56 Å². The predicted octanol–water partition coefficient (Wildman–Crippen LogP) is 11.3. The fourth-order valence-electron chi connectivity index (χ4n) is 12.0. The summed E-state index contributed by atoms with van der Waals surface area (Å²) in [6, 6.07) is 9.52. The second kappa shape index (κ2) is 12.3. The lowest BCUT2D eigenvalue weighted by Gasteiger charge is -2.60. The van der Waals surface area contributed by atoms with Gasteiger partial charge >= 0.3 is 5.97 Å². The third kappa shape index (κ3) is 5.50. The first-order valence-corrected chi connectivity index (χ1v) is 20.4. The minimum Gasteiger partial charge on any atom is -0.455 e. The molecule has 4 heteroatoms. The van der Waals surface area contributed by atoms with Crippen LogP contribution in [0.2, 0.25) is 16.6 Å². The van der Waals surface area contributed by atoms with Crippen LogP contribution in [0.1, 0.15) is 131 Å². The lowest BCUT2D eigenvalue weighted by atomic mass is 9.45. The van der Waals surface area contributed by atoms with Gasteiger partial charge in [-0.3, -0.25) is 0 Å². The molecule has 0 aromatic heterocycles. The Kier molecular flexibility index (Phi) is 9.51. The number of benzene rings is 1. The second-order valence-corrected chi connectivity index (χ2v) is 22.9. The number of fused-ring (bicyclic) bond motifs is 5. The van der Waals surface area contributed by atoms with Crippen molar-refractivity contribution >= 4 is 14.3 Å². The highest BCUT2D eigenvalue weighted by Crippen LogP contribution is 2.68. The Bertz CT molecular complexity index is 1180. The zero-order valence-electron chi connectivity index (χ0n) is 30.0. The molecule has 0 radical (unpaired) electrons. The van der Waals surface area contributed by atoms with E-state index in [1.165, 1.54) is 32.1 Å². The van der Waals surface area contributed by atoms with Crippen LogP contribution in [0.25, 0.3) is 0 Å². The molecule has 0 bridgehead atoms. The average Bonchev–Trinajstić information content (AvgIpc) is 3.31. The standard InChI is InChI=1S/C40H64O3Si/c1-26(2)44(27(3)4,28(5)6)42-25-29(7)34-19-20-35-33-18-17-32-24-40(11,43-37(41)31-15-13-12-14-16-31)30(8)23-39(32,10)36(33)21-22-38(34,35)9/h12-17,26-30,33-36H,18-25H2,1-11H3/t29?,30?,33-,34+,35-,36-,38+,39-,40?/m0/s1. The van der Waals surface area contributed by atoms with E-state index in [0.717, 1.165) is 43.1 Å². The number of carbonyl (C=O) groups excluding carboxylic acids is 1. The van der Waals surface area contributed by atoms with Gasteiger partial charge in [-0.25, -0.2) is 4.79 Å². The number of ether oxygens (including phenoxy) is 1. The molecule has 44 heavy (non-hydrogen) atoms. The molecule has 3 nitrogen and oxygen atoms in total. The summed E-state index contributed by atoms with van der Waals surface area (Å²) in [5, 5.41) is 0. The lowest BCUT2D eigenvalue weighted by Crippen LogP contribution is -2.55. The summed E-state index contributed by atoms with van der Waals surface area (Å²) in [5.74, 6) is 3.84. The SMILES string of the molecule is CC(CO[Si](C(C)C)(C(C)C)C(C)C)[C@H]1CC[C@H]2[C@@H]3CC=C4CC(C)(OC(=O)c5ccccc5)C(C)C[C@]4(C)[C@H]3CC[C@]12C. The van der Waals surface area contributed by atoms with Gasteiger partial charge in [-0.2, -0.15) is 0 Å². The third-order valence-electron chi connectivity index (χ3n) is 14.3. The van der Waals surface area contributed by atoms with Gasteiger partial charge in [0, 0.05) is 13.0 Å². The normalized spacial score (nSPS) is 37.8. The van der Waals surface area contributed by atoms with Crippen LogP contribution in [-0.2, 0) is 9.16 Å². The van der Waals surface area contributed by atoms with E-state index in [1.807, 2.05) is 30.3 Å². The summed E-state index contributed by atoms with van der Waals surface area (Å²) >= 11 is 0. The van der Waals surface area contributed by atoms with Crippen molar-refractivity contribution in [2.45, 2.75) is 143 Å². The highest BCUT2D eigenvalue weighted by atomic mass is 28.4. The maximum atomic E-state index is 13.1. The van der Waals surface area contributed by atoms with Gasteiger partial charge in [0.15, 0.2) is 8.32 Å². The Morgan fingerprint density at radius 3 is 2.16 bits per heavy atom. The summed E-state index contributed by atoms with van der Waals surface area (Å²) < 4.78 is 13.5. The van der Waals surface area contributed by atoms with Crippen molar-refractivity contribution < 1.29 is 14.0 Å². The van der Waals surface area contributed by atoms with Crippen LogP contribution in [0.5, 0.6) is 0 Å². The minimum absolute atomic E-state index is 0.184. The Labute approximate surface area is 271 Å². The molecule has 0 spiro atoms. The van der Waals surface area contributed by atoms with Crippen molar-refractivity contribution in [3.8, 4) is 0 Å². The number of esters is 1. The van der Waals surface area contributed by atoms with Crippen molar-refractivity contribution in [3.05, 3.63) is 47.5 Å². The molecular formula is C40H64O3Si. The molecule has 1 aromatic carbocycles. The number of carbonyl (C=O) groups is 1. The summed E-state index contributed by atoms with van der Waals surface area (Å²) in [5.41, 5.74) is 4.32. The second-order valence-electron chi connectivity index (χ2n) is 17.4. The quantitative estimate of drug-likeness (QED) is 0.156. The number of rotatable bonds is 9. The lowest BCUT2D eigenvalue weighted by molar-refractivity contribution is -0.0987. The molecule has 0 aliphatic heterocycles. The van der Waals surface area contributed by atoms with E-state index in [4.69, 9.17) is 9.16 Å². The average molecular weight is 621 g/mol. The van der Waals surface area contributed by atoms with E-state index < -0.39 is 13.9 Å². The van der Waals surface area contributed by atoms with E-state index in [-0.39, 0.29) is 11.4 Å². The highest BCUT2D eigenvalue weighted by Gasteiger charge is 2.61. The molecule has 4 aliphatic carbocycles. The molecule has 3 unspecified atom stereocenters. The highest BCUT2D eigenvalue weighted by molar-refractivity contribution is 6.77. The molecule has 0 heterocycles. The zero-order valence-corrected chi connectivity index (χ0v) is 31.0. The Balaban J connectivity index is 1.31. The topological polar surface area (TPSA) is 35.5 Å². The summed E-state index contributed by atoms with van der Waals surface area (Å²) in [4.78, 5) is 13.1. The molecule has 0 N–H and O–H groups in total. The maximum absolute atomic E-state index is 13.1. The molecule has 9 atom stereocenters. The first-order valence-electron chi connectivity index (χ1n) is 18.2. The monoisotopic (exact) mass is 620 g/mol. The number of hydrogen-bond donors (Lipinski definition) is 0. The molecule has 3 saturated carbocycles. The van der Waals surface area contributed by atoms with Gasteiger partial charge in [0.1, 0.15) is 5.60 Å². The van der Waals surface area contributed by atoms with Gasteiger partial charge in [-0.15, -0.1) is 0 Å². The molecule has 5 rings (SSSR count). The maximum Gasteiger partial charge on any atom is 0.338 e. The van der Waals surface area contributed by atoms with E-state index in [1.54, 1.807) is 5.57 Å². The predicted molar refractivity (Wildman–Crippen MR) is 186 cm³/mol. The van der Waals surface area contributed by atoms with Crippen molar-refractivity contribution in [2.24, 2.45) is 46.3 Å². The number of allylic oxidation sites excluding steroid dienone is 1. The van der Waals surface area contributed by atoms with Gasteiger partial charge in [-0.05, 0) is 121 Å². The fraction of sp³-hybridized carbons (Fsp3) is 0.775. The van der Waals surface area contributed by atoms with E-state index in [0.29, 0.717) is 39.4 Å². The van der Waals surface area contributed by atoms with Crippen LogP contribution >= 0.6 is 0 Å². The van der Waals surface area contributed by atoms with Crippen molar-refractivity contribution in [2.75, 3.05) is 6.61 Å². The Hall–Kier alpha value is -1.39. The smallest absolute Gasteiger partial charge is 0.338 e. The zero-order chi connectivity index (χ0) is 32.2. The van der Waals surface area contributed by atoms with Crippen molar-refractivity contribution in [3.63, 3.8) is 0 Å². The van der Waals surface area contributed by atoms with Gasteiger partial charge in [-0.1, -0.05) is 99.1 Å². The molecule has 0 saturated heterocycles. The van der Waals surface area contributed by atoms with Gasteiger partial charge < -0.3 is 9.16 Å². The largest absolute Gasteiger partial charge is 0.455 e. The molecule has 1 aromatic rings. The first kappa shape index (κ1) is 34.0. The Morgan fingerprint density at radius 2 is 1.55 bits per heavy atom. The van der Waals surface area contributed by atoms with Crippen LogP contribution in [0.4, 0.5) is 0 Å². The molecule has 3 fully saturated rings. The van der Waals surface area contributed by atoms with Crippen molar-refractivity contribution in [1.82, 2.24) is 0 Å². The molecular weight excluding hydrogens is 557 g/mol. The Morgan fingerprint density at radius 1 is 0.909 bits per heavy atom. The number of hydrogen-bond acceptors (Lipinski definition) is 3. The van der Waals surface area contributed by atoms with Crippen LogP contribution in [-0.4, -0.2) is 26.5 Å². The van der Waals surface area contributed by atoms with E-state index in [9.17, 15) is 4.79 Å². The molecule has 4 aliphatic rings. The first-order chi connectivity index (χ1) is 20.6. The van der Waals surface area contributed by atoms with Crippen molar-refractivity contribution in [1.29, 1.82) is 0 Å². The minimum atomic E-state index is -1.85. The van der Waals surface area contributed by atoms with Gasteiger partial charge in [0.2, 0.25) is 0 Å². The summed E-state index contributed by atoms with van der Waals surface area (Å²) in [7, 11) is -1.85. The van der Waals surface area contributed by atoms with Gasteiger partial charge in [0.25, 0.3) is 0 Å². The van der Waals surface area contributed by atoms with E-state index >= 15 is 0 Å². The third-order valence-corrected chi connectivity index (χ3v) is 20.4. The fourth-order valence-corrected chi connectivity index (χ4v) is 17.5. The summed E-state index contributed by atoms with van der Waals surface area (Å²) in [6.45, 7) is 27.7. The van der Waals surface area contributed by atoms with Crippen LogP contribution < -0.4 is 0 Å². The molecule has 246 valence electrons. The van der Waals surface area contributed by atoms with E-state index in [2.05, 4.69) is 82.2 Å². The molecule has 0 amide bonds. The van der Waals surface area contributed by atoms with Crippen LogP contribution in [0.3, 0.4) is 0 Å². The van der Waals surface area contributed by atoms with Crippen LogP contribution in [0, 0.1) is 46.3 Å².